The van der Waals surface area contributed by atoms with Gasteiger partial charge in [0.25, 0.3) is 23.8 Å². The average molecular weight is 1850 g/mol. The fourth-order valence-corrected chi connectivity index (χ4v) is 20.2. The van der Waals surface area contributed by atoms with Gasteiger partial charge in [-0.1, -0.05) is 91.0 Å². The number of thioether (sulfide) groups is 7. The van der Waals surface area contributed by atoms with Crippen LogP contribution in [0.4, 0.5) is 80.8 Å². The van der Waals surface area contributed by atoms with Gasteiger partial charge < -0.3 is 9.47 Å². The van der Waals surface area contributed by atoms with Gasteiger partial charge in [-0.2, -0.15) is 29.9 Å². The molecule has 29 nitrogen and oxygen atoms in total. The number of azo groups is 9. The van der Waals surface area contributed by atoms with E-state index >= 15 is 0 Å². The molecule has 0 amide bonds. The molecule has 36 heteroatoms. The van der Waals surface area contributed by atoms with Gasteiger partial charge in [-0.05, 0) is 237 Å². The van der Waals surface area contributed by atoms with Crippen molar-refractivity contribution >= 4 is 163 Å². The molecule has 9 aromatic carbocycles. The highest BCUT2D eigenvalue weighted by Gasteiger charge is 2.66. The SMILES string of the molecule is COc1nc(N=Nc2cc(C)cc(C)c2SC)nc(OC)n1.CSc1c(C)cc(C)cc1N=Nc1ccncn1.CSc1c(C)cc(C)cc1N=Nc1nc(C)nc(C)n1.CSc1c(C)cc(C)cc1N=Nc1ncccn1.CSc1c(C)cc(C)cc1N=Nc1ncncn1.Cc1cccc2c1SC13Sc4c(cccc4N=[N+]1c1ccccc1)Cc1ccccc1[N+]3=N2. The third-order valence-electron chi connectivity index (χ3n) is 18.9. The third-order valence-corrected chi connectivity index (χ3v) is 26.8. The van der Waals surface area contributed by atoms with Crippen LogP contribution in [0.2, 0.25) is 0 Å². The van der Waals surface area contributed by atoms with Crippen LogP contribution in [0, 0.1) is 90.0 Å². The van der Waals surface area contributed by atoms with Gasteiger partial charge in [0, 0.05) is 98.9 Å². The molecule has 5 aromatic heterocycles. The number of ether oxygens (including phenoxy) is 2. The lowest BCUT2D eigenvalue weighted by atomic mass is 10.0. The lowest BCUT2D eigenvalue weighted by molar-refractivity contribution is -0.752. The van der Waals surface area contributed by atoms with Crippen LogP contribution < -0.4 is 9.47 Å². The van der Waals surface area contributed by atoms with Crippen LogP contribution in [-0.2, 0) is 6.42 Å². The number of hydrogen-bond donors (Lipinski definition) is 0. The molecule has 17 rings (SSSR count). The van der Waals surface area contributed by atoms with E-state index in [-0.39, 0.29) is 18.0 Å². The molecule has 14 aromatic rings. The normalized spacial score (nSPS) is 13.3. The minimum absolute atomic E-state index is 0.131. The molecule has 0 fully saturated rings. The van der Waals surface area contributed by atoms with Crippen LogP contribution in [0.5, 0.6) is 12.0 Å². The molecule has 1 unspecified atom stereocenters. The standard InChI is InChI=1S/C27H20N4S2.C14H17N5O2S.C14H17N5S.2C13H14N4S.C12H13N5S/c1-18-9-7-14-22-25(18)32-27-30(21-12-3-2-4-13-21)28-23-15-8-11-20(26(23)33-27)17-19-10-5-6-16-24(19)31(27)29-22;1-8-6-9(2)11(22-5)10(7-8)18-19-12-15-13(20-3)17-14(16-12)21-4;1-8-6-9(2)13(20-5)12(7-8)18-19-14-16-10(3)15-11(4)17-14;1-9-6-10(2)13(18-3)11(7-9)16-17-12-4-5-14-8-15-12;1-9-7-10(2)12(18-3)11(8-9)16-17-13-14-5-4-6-15-13;1-8-4-9(2)11(18-3)10(5-8)16-17-12-14-6-13-7-15-12/h2-16H,17H2,1H3;6-7H,1-5H3;6-7H,1-5H3;2*4-8H,1-3H3;4-7H,1-3H3/q+2;;;;;. The summed E-state index contributed by atoms with van der Waals surface area (Å²) in [5.74, 6) is 3.04. The summed E-state index contributed by atoms with van der Waals surface area (Å²) >= 11 is 12.0. The highest BCUT2D eigenvalue weighted by Crippen LogP contribution is 2.62. The molecule has 8 heterocycles. The van der Waals surface area contributed by atoms with Crippen molar-refractivity contribution in [1.82, 2.24) is 64.8 Å². The van der Waals surface area contributed by atoms with E-state index in [1.165, 1.54) is 93.1 Å². The molecular formula is C93H95N27O2S7+2. The molecular weight excluding hydrogens is 1750 g/mol. The van der Waals surface area contributed by atoms with Crippen molar-refractivity contribution in [3.8, 4) is 12.0 Å². The second-order valence-corrected chi connectivity index (χ2v) is 35.7. The van der Waals surface area contributed by atoms with E-state index < -0.39 is 4.33 Å². The first kappa shape index (κ1) is 95.5. The lowest BCUT2D eigenvalue weighted by Crippen LogP contribution is -2.44. The van der Waals surface area contributed by atoms with E-state index in [1.54, 1.807) is 89.5 Å². The Morgan fingerprint density at radius 1 is 0.333 bits per heavy atom. The molecule has 0 saturated heterocycles. The largest absolute Gasteiger partial charge is 0.516 e. The summed E-state index contributed by atoms with van der Waals surface area (Å²) < 4.78 is 13.7. The average Bonchev–Trinajstić information content (AvgIpc) is 0.704. The van der Waals surface area contributed by atoms with Gasteiger partial charge in [0.05, 0.1) is 76.0 Å². The molecule has 654 valence electrons. The first-order chi connectivity index (χ1) is 62.4. The topological polar surface area (TPSA) is 340 Å². The first-order valence-electron chi connectivity index (χ1n) is 40.2. The summed E-state index contributed by atoms with van der Waals surface area (Å²) in [4.78, 5) is 59.9. The molecule has 0 N–H and O–H groups in total. The first-order valence-corrected chi connectivity index (χ1v) is 48.0. The molecule has 0 saturated carbocycles. The van der Waals surface area contributed by atoms with Crippen molar-refractivity contribution in [2.75, 3.05) is 45.5 Å². The van der Waals surface area contributed by atoms with Crippen LogP contribution in [0.15, 0.2) is 297 Å². The molecule has 0 aliphatic carbocycles. The summed E-state index contributed by atoms with van der Waals surface area (Å²) in [5.41, 5.74) is 24.1. The quantitative estimate of drug-likeness (QED) is 0.0437. The van der Waals surface area contributed by atoms with Gasteiger partial charge in [0.15, 0.2) is 5.82 Å². The third kappa shape index (κ3) is 25.1. The minimum atomic E-state index is -0.625. The van der Waals surface area contributed by atoms with E-state index in [0.29, 0.717) is 35.3 Å². The summed E-state index contributed by atoms with van der Waals surface area (Å²) in [6.45, 7) is 26.4. The number of fused-ring (bicyclic) bond motifs is 3. The predicted molar refractivity (Wildman–Crippen MR) is 517 cm³/mol. The van der Waals surface area contributed by atoms with E-state index in [9.17, 15) is 0 Å². The van der Waals surface area contributed by atoms with Gasteiger partial charge in [0.2, 0.25) is 11.4 Å². The number of rotatable bonds is 18. The Morgan fingerprint density at radius 2 is 0.736 bits per heavy atom. The predicted octanol–water partition coefficient (Wildman–Crippen LogP) is 28.3. The summed E-state index contributed by atoms with van der Waals surface area (Å²) in [6.07, 6.45) is 20.2. The molecule has 3 aliphatic heterocycles. The smallest absolute Gasteiger partial charge is 0.467 e. The maximum Gasteiger partial charge on any atom is 0.516 e. The van der Waals surface area contributed by atoms with Crippen LogP contribution in [0.1, 0.15) is 84.0 Å². The van der Waals surface area contributed by atoms with Crippen molar-refractivity contribution in [2.45, 2.75) is 135 Å². The number of aryl methyl sites for hydroxylation is 13. The van der Waals surface area contributed by atoms with Crippen molar-refractivity contribution in [1.29, 1.82) is 0 Å². The van der Waals surface area contributed by atoms with Gasteiger partial charge in [-0.3, -0.25) is 0 Å². The van der Waals surface area contributed by atoms with Gasteiger partial charge in [-0.25, -0.2) is 29.9 Å². The molecule has 3 aliphatic rings. The Morgan fingerprint density at radius 3 is 1.20 bits per heavy atom. The molecule has 1 spiro atoms. The molecule has 0 radical (unpaired) electrons. The summed E-state index contributed by atoms with van der Waals surface area (Å²) in [7, 11) is 2.93. The van der Waals surface area contributed by atoms with E-state index in [1.807, 2.05) is 133 Å². The number of methoxy groups -OCH3 is 2. The molecule has 2 bridgehead atoms. The molecule has 129 heavy (non-hydrogen) atoms. The maximum absolute atomic E-state index is 5.28. The van der Waals surface area contributed by atoms with Crippen LogP contribution in [0.25, 0.3) is 0 Å². The van der Waals surface area contributed by atoms with E-state index in [2.05, 4.69) is 289 Å². The fraction of sp³-hybridized carbons (Fsp3) is 0.237. The summed E-state index contributed by atoms with van der Waals surface area (Å²) in [6, 6.07) is 56.4. The van der Waals surface area contributed by atoms with Gasteiger partial charge in [0.1, 0.15) is 42.0 Å². The van der Waals surface area contributed by atoms with Crippen LogP contribution >= 0.6 is 82.3 Å². The number of aromatic nitrogens is 13. The lowest BCUT2D eigenvalue weighted by Gasteiger charge is -2.30. The fourth-order valence-electron chi connectivity index (χ4n) is 13.7. The zero-order chi connectivity index (χ0) is 91.7. The Bertz CT molecular complexity index is 6260. The number of benzene rings is 9. The van der Waals surface area contributed by atoms with Crippen LogP contribution in [-0.4, -0.2) is 124 Å². The monoisotopic (exact) mass is 1850 g/mol. The number of nitrogens with zero attached hydrogens (tertiary/aromatic N) is 27. The highest BCUT2D eigenvalue weighted by atomic mass is 32.2. The second-order valence-electron chi connectivity index (χ2n) is 29.0. The Balaban J connectivity index is 0.000000143. The molecule has 1 atom stereocenters. The highest BCUT2D eigenvalue weighted by molar-refractivity contribution is 8.17. The van der Waals surface area contributed by atoms with Crippen LogP contribution in [0.3, 0.4) is 0 Å². The summed E-state index contributed by atoms with van der Waals surface area (Å²) in [5, 5.41) is 52.3. The number of hydrogen-bond acceptors (Lipinski definition) is 34. The van der Waals surface area contributed by atoms with Gasteiger partial charge >= 0.3 is 16.3 Å². The Hall–Kier alpha value is -12.6. The zero-order valence-electron chi connectivity index (χ0n) is 75.0. The minimum Gasteiger partial charge on any atom is -0.467 e. The number of para-hydroxylation sites is 2. The zero-order valence-corrected chi connectivity index (χ0v) is 80.7. The van der Waals surface area contributed by atoms with E-state index in [0.717, 1.165) is 104 Å². The Kier molecular flexibility index (Phi) is 34.0. The Labute approximate surface area is 780 Å². The maximum atomic E-state index is 5.28. The van der Waals surface area contributed by atoms with E-state index in [4.69, 9.17) is 19.7 Å². The van der Waals surface area contributed by atoms with Gasteiger partial charge in [-0.15, -0.1) is 115 Å². The van der Waals surface area contributed by atoms with Crippen molar-refractivity contribution in [2.24, 2.45) is 61.4 Å². The van der Waals surface area contributed by atoms with Crippen molar-refractivity contribution in [3.63, 3.8) is 0 Å². The van der Waals surface area contributed by atoms with Crippen molar-refractivity contribution in [3.05, 3.63) is 285 Å². The van der Waals surface area contributed by atoms with Crippen molar-refractivity contribution < 1.29 is 18.9 Å². The second kappa shape index (κ2) is 45.9.